The lowest BCUT2D eigenvalue weighted by molar-refractivity contribution is 0.668. The molecule has 0 radical (unpaired) electrons. The molecule has 0 bridgehead atoms. The molecule has 1 atom stereocenters. The number of unbranched alkanes of at least 4 members (excludes halogenated alkanes) is 1. The normalized spacial score (nSPS) is 13.2. The lowest BCUT2D eigenvalue weighted by Crippen LogP contribution is -2.23. The van der Waals surface area contributed by atoms with E-state index in [-0.39, 0.29) is 0 Å². The molecule has 0 aromatic rings. The van der Waals surface area contributed by atoms with Crippen molar-refractivity contribution in [2.24, 2.45) is 0 Å². The van der Waals surface area contributed by atoms with E-state index in [0.717, 1.165) is 5.25 Å². The highest BCUT2D eigenvalue weighted by molar-refractivity contribution is 7.99. The topological polar surface area (TPSA) is 12.0 Å². The molecular formula is C10H23NS. The summed E-state index contributed by atoms with van der Waals surface area (Å²) < 4.78 is 0. The molecule has 0 aromatic carbocycles. The average molecular weight is 189 g/mol. The molecule has 0 aliphatic heterocycles. The van der Waals surface area contributed by atoms with Gasteiger partial charge in [0.1, 0.15) is 0 Å². The Hall–Kier alpha value is 0.310. The Labute approximate surface area is 81.7 Å². The van der Waals surface area contributed by atoms with E-state index in [1.54, 1.807) is 0 Å². The minimum Gasteiger partial charge on any atom is -0.316 e. The van der Waals surface area contributed by atoms with Gasteiger partial charge in [-0.25, -0.2) is 0 Å². The van der Waals surface area contributed by atoms with E-state index in [9.17, 15) is 0 Å². The monoisotopic (exact) mass is 189 g/mol. The summed E-state index contributed by atoms with van der Waals surface area (Å²) in [6, 6.07) is 0. The highest BCUT2D eigenvalue weighted by Crippen LogP contribution is 2.11. The van der Waals surface area contributed by atoms with E-state index in [0.29, 0.717) is 0 Å². The minimum absolute atomic E-state index is 0.781. The van der Waals surface area contributed by atoms with Crippen molar-refractivity contribution >= 4 is 11.8 Å². The van der Waals surface area contributed by atoms with Gasteiger partial charge in [0.05, 0.1) is 0 Å². The summed E-state index contributed by atoms with van der Waals surface area (Å²) in [5, 5.41) is 4.22. The molecule has 0 spiro atoms. The van der Waals surface area contributed by atoms with Crippen LogP contribution in [0.25, 0.3) is 0 Å². The molecule has 0 aliphatic carbocycles. The van der Waals surface area contributed by atoms with E-state index in [1.807, 2.05) is 0 Å². The van der Waals surface area contributed by atoms with E-state index in [2.05, 4.69) is 37.8 Å². The van der Waals surface area contributed by atoms with Gasteiger partial charge in [0, 0.05) is 11.8 Å². The summed E-state index contributed by atoms with van der Waals surface area (Å²) in [7, 11) is 0. The molecule has 0 fully saturated rings. The molecule has 0 amide bonds. The van der Waals surface area contributed by atoms with Gasteiger partial charge in [0.25, 0.3) is 0 Å². The molecule has 0 aromatic heterocycles. The fraction of sp³-hybridized carbons (Fsp3) is 1.00. The van der Waals surface area contributed by atoms with Crippen LogP contribution in [0.5, 0.6) is 0 Å². The summed E-state index contributed by atoms with van der Waals surface area (Å²) in [6.07, 6.45) is 3.93. The van der Waals surface area contributed by atoms with Crippen LogP contribution in [0, 0.1) is 0 Å². The van der Waals surface area contributed by atoms with E-state index >= 15 is 0 Å². The van der Waals surface area contributed by atoms with Gasteiger partial charge in [-0.15, -0.1) is 0 Å². The van der Waals surface area contributed by atoms with Crippen LogP contribution < -0.4 is 5.32 Å². The van der Waals surface area contributed by atoms with Crippen LogP contribution in [0.2, 0.25) is 0 Å². The van der Waals surface area contributed by atoms with Crippen LogP contribution in [0.4, 0.5) is 0 Å². The van der Waals surface area contributed by atoms with Crippen molar-refractivity contribution in [2.75, 3.05) is 18.8 Å². The third-order valence-electron chi connectivity index (χ3n) is 1.76. The van der Waals surface area contributed by atoms with Crippen molar-refractivity contribution in [3.8, 4) is 0 Å². The van der Waals surface area contributed by atoms with Crippen LogP contribution in [0.1, 0.15) is 40.0 Å². The van der Waals surface area contributed by atoms with Crippen LogP contribution in [-0.4, -0.2) is 24.1 Å². The van der Waals surface area contributed by atoms with Crippen molar-refractivity contribution in [1.82, 2.24) is 5.32 Å². The van der Waals surface area contributed by atoms with Gasteiger partial charge in [0.15, 0.2) is 0 Å². The first-order chi connectivity index (χ1) is 5.81. The summed E-state index contributed by atoms with van der Waals surface area (Å²) in [5.41, 5.74) is 0. The molecule has 0 heterocycles. The molecule has 74 valence electrons. The van der Waals surface area contributed by atoms with Gasteiger partial charge in [-0.2, -0.15) is 11.8 Å². The fourth-order valence-electron chi connectivity index (χ4n) is 0.970. The third-order valence-corrected chi connectivity index (χ3v) is 3.02. The van der Waals surface area contributed by atoms with E-state index < -0.39 is 0 Å². The second-order valence-electron chi connectivity index (χ2n) is 3.24. The largest absolute Gasteiger partial charge is 0.316 e. The van der Waals surface area contributed by atoms with Crippen molar-refractivity contribution < 1.29 is 0 Å². The summed E-state index contributed by atoms with van der Waals surface area (Å²) in [5.74, 6) is 1.32. The maximum absolute atomic E-state index is 3.44. The first kappa shape index (κ1) is 12.3. The molecule has 12 heavy (non-hydrogen) atoms. The minimum atomic E-state index is 0.781. The van der Waals surface area contributed by atoms with Crippen LogP contribution in [-0.2, 0) is 0 Å². The number of nitrogens with one attached hydrogen (secondary N) is 1. The number of hydrogen-bond donors (Lipinski definition) is 1. The smallest absolute Gasteiger partial charge is 0.0144 e. The molecule has 1 unspecified atom stereocenters. The van der Waals surface area contributed by atoms with Crippen molar-refractivity contribution in [2.45, 2.75) is 45.3 Å². The lowest BCUT2D eigenvalue weighted by Gasteiger charge is -2.11. The summed E-state index contributed by atoms with van der Waals surface area (Å²) in [6.45, 7) is 9.10. The van der Waals surface area contributed by atoms with Crippen molar-refractivity contribution in [1.29, 1.82) is 0 Å². The number of hydrogen-bond acceptors (Lipinski definition) is 2. The molecule has 0 saturated heterocycles. The molecule has 1 nitrogen and oxygen atoms in total. The van der Waals surface area contributed by atoms with Gasteiger partial charge in [-0.1, -0.05) is 27.2 Å². The maximum atomic E-state index is 3.44. The first-order valence-corrected chi connectivity index (χ1v) is 6.18. The Morgan fingerprint density at radius 2 is 2.00 bits per heavy atom. The van der Waals surface area contributed by atoms with Gasteiger partial charge < -0.3 is 5.32 Å². The molecule has 0 rings (SSSR count). The molecule has 1 N–H and O–H groups in total. The fourth-order valence-corrected chi connectivity index (χ4v) is 2.06. The van der Waals surface area contributed by atoms with E-state index in [4.69, 9.17) is 0 Å². The second-order valence-corrected chi connectivity index (χ2v) is 4.79. The molecular weight excluding hydrogens is 166 g/mol. The van der Waals surface area contributed by atoms with Crippen LogP contribution in [0.15, 0.2) is 0 Å². The molecule has 0 saturated carbocycles. The number of thioether (sulfide) groups is 1. The predicted octanol–water partition coefficient (Wildman–Crippen LogP) is 2.91. The Morgan fingerprint density at radius 1 is 1.25 bits per heavy atom. The van der Waals surface area contributed by atoms with E-state index in [1.165, 1.54) is 38.1 Å². The van der Waals surface area contributed by atoms with Gasteiger partial charge >= 0.3 is 0 Å². The lowest BCUT2D eigenvalue weighted by atomic mass is 10.4. The second kappa shape index (κ2) is 9.40. The zero-order chi connectivity index (χ0) is 9.23. The predicted molar refractivity (Wildman–Crippen MR) is 60.0 cm³/mol. The Morgan fingerprint density at radius 3 is 2.58 bits per heavy atom. The Balaban J connectivity index is 3.04. The Kier molecular flexibility index (Phi) is 9.64. The summed E-state index contributed by atoms with van der Waals surface area (Å²) in [4.78, 5) is 0. The van der Waals surface area contributed by atoms with Gasteiger partial charge in [-0.3, -0.25) is 0 Å². The quantitative estimate of drug-likeness (QED) is 0.589. The van der Waals surface area contributed by atoms with Gasteiger partial charge in [0.2, 0.25) is 0 Å². The molecule has 0 aliphatic rings. The van der Waals surface area contributed by atoms with Crippen molar-refractivity contribution in [3.05, 3.63) is 0 Å². The average Bonchev–Trinajstić information content (AvgIpc) is 2.06. The zero-order valence-corrected chi connectivity index (χ0v) is 9.54. The first-order valence-electron chi connectivity index (χ1n) is 5.13. The summed E-state index contributed by atoms with van der Waals surface area (Å²) >= 11 is 2.09. The SMILES string of the molecule is CCCCSC(C)CNCCC. The zero-order valence-electron chi connectivity index (χ0n) is 8.73. The maximum Gasteiger partial charge on any atom is 0.0144 e. The highest BCUT2D eigenvalue weighted by atomic mass is 32.2. The standard InChI is InChI=1S/C10H23NS/c1-4-6-8-12-10(3)9-11-7-5-2/h10-11H,4-9H2,1-3H3. The molecule has 2 heteroatoms. The van der Waals surface area contributed by atoms with Crippen LogP contribution >= 0.6 is 11.8 Å². The highest BCUT2D eigenvalue weighted by Gasteiger charge is 1.99. The third kappa shape index (κ3) is 8.41. The number of rotatable bonds is 8. The Bertz CT molecular complexity index is 75.9. The van der Waals surface area contributed by atoms with Crippen LogP contribution in [0.3, 0.4) is 0 Å². The van der Waals surface area contributed by atoms with Crippen molar-refractivity contribution in [3.63, 3.8) is 0 Å². The van der Waals surface area contributed by atoms with Gasteiger partial charge in [-0.05, 0) is 25.1 Å².